The first kappa shape index (κ1) is 16.8. The summed E-state index contributed by atoms with van der Waals surface area (Å²) < 4.78 is 57.4. The number of allylic oxidation sites excluding steroid dienone is 3. The van der Waals surface area contributed by atoms with E-state index >= 15 is 0 Å². The molecule has 0 bridgehead atoms. The highest BCUT2D eigenvalue weighted by Gasteiger charge is 2.47. The van der Waals surface area contributed by atoms with Crippen LogP contribution in [-0.4, -0.2) is 80.2 Å². The van der Waals surface area contributed by atoms with Gasteiger partial charge in [-0.3, -0.25) is 4.79 Å². The lowest BCUT2D eigenvalue weighted by atomic mass is 9.64. The lowest BCUT2D eigenvalue weighted by molar-refractivity contribution is -0.291. The predicted octanol–water partition coefficient (Wildman–Crippen LogP) is -0.492. The number of aliphatic hydroxyl groups excluding tert-OH is 4. The second-order valence-electron chi connectivity index (χ2n) is 7.70. The van der Waals surface area contributed by atoms with Gasteiger partial charge in [0.1, 0.15) is 30.0 Å². The lowest BCUT2D eigenvalue weighted by Crippen LogP contribution is -2.59. The third-order valence-electron chi connectivity index (χ3n) is 5.01. The molecule has 0 aromatic heterocycles. The standard InChI is InChI=1S/C21H30O9/c1-11(5-6-21(28)12(2)8-13(23)9-20(21,3)4)7-15(24)30-19-18(27)17(26)16(25)14(10-22)29-19/h5-8,14,16-19,22,25-28H,9-10H2,1-4H3/b6-5+,11-7-/t14-,16-,17+,18-,19+,21-/m1/s1/i2D3,8D,9D2. The summed E-state index contributed by atoms with van der Waals surface area (Å²) in [4.78, 5) is 24.7. The molecule has 1 heterocycles. The largest absolute Gasteiger partial charge is 0.430 e. The van der Waals surface area contributed by atoms with Crippen molar-refractivity contribution in [3.8, 4) is 0 Å². The van der Waals surface area contributed by atoms with E-state index in [1.54, 1.807) is 0 Å². The van der Waals surface area contributed by atoms with Crippen LogP contribution >= 0.6 is 0 Å². The molecule has 0 unspecified atom stereocenters. The van der Waals surface area contributed by atoms with Gasteiger partial charge in [0.15, 0.2) is 5.78 Å². The average molecular weight is 432 g/mol. The Hall–Kier alpha value is -1.88. The second-order valence-corrected chi connectivity index (χ2v) is 7.70. The number of rotatable bonds is 5. The van der Waals surface area contributed by atoms with Crippen LogP contribution in [0.5, 0.6) is 0 Å². The third kappa shape index (κ3) is 4.88. The number of aliphatic hydroxyl groups is 5. The minimum Gasteiger partial charge on any atom is -0.430 e. The molecule has 30 heavy (non-hydrogen) atoms. The summed E-state index contributed by atoms with van der Waals surface area (Å²) in [5.41, 5.74) is -5.60. The maximum atomic E-state index is 12.4. The van der Waals surface area contributed by atoms with Crippen LogP contribution < -0.4 is 0 Å². The monoisotopic (exact) mass is 432 g/mol. The normalized spacial score (nSPS) is 42.6. The van der Waals surface area contributed by atoms with E-state index < -0.39 is 84.9 Å². The Morgan fingerprint density at radius 2 is 2.07 bits per heavy atom. The highest BCUT2D eigenvalue weighted by atomic mass is 16.7. The molecule has 9 nitrogen and oxygen atoms in total. The fourth-order valence-corrected chi connectivity index (χ4v) is 3.02. The van der Waals surface area contributed by atoms with Crippen molar-refractivity contribution >= 4 is 11.8 Å². The quantitative estimate of drug-likeness (QED) is 0.220. The summed E-state index contributed by atoms with van der Waals surface area (Å²) in [6.07, 6.45) is -8.33. The van der Waals surface area contributed by atoms with E-state index in [0.29, 0.717) is 0 Å². The summed E-state index contributed by atoms with van der Waals surface area (Å²) in [5, 5.41) is 50.2. The van der Waals surface area contributed by atoms with Crippen LogP contribution in [0.4, 0.5) is 0 Å². The number of esters is 1. The molecule has 1 aliphatic carbocycles. The fraction of sp³-hybridized carbons (Fsp3) is 0.619. The maximum absolute atomic E-state index is 12.4. The highest BCUT2D eigenvalue weighted by molar-refractivity contribution is 5.92. The minimum absolute atomic E-state index is 0.0442. The van der Waals surface area contributed by atoms with E-state index in [1.807, 2.05) is 0 Å². The summed E-state index contributed by atoms with van der Waals surface area (Å²) in [7, 11) is 0. The Balaban J connectivity index is 2.37. The van der Waals surface area contributed by atoms with E-state index in [1.165, 1.54) is 6.92 Å². The van der Waals surface area contributed by atoms with Crippen LogP contribution in [0.15, 0.2) is 35.4 Å². The van der Waals surface area contributed by atoms with E-state index in [9.17, 15) is 35.1 Å². The van der Waals surface area contributed by atoms with Crippen molar-refractivity contribution in [3.63, 3.8) is 0 Å². The van der Waals surface area contributed by atoms with E-state index in [-0.39, 0.29) is 5.57 Å². The average Bonchev–Trinajstić information content (AvgIpc) is 2.75. The minimum atomic E-state index is -3.13. The first-order valence-electron chi connectivity index (χ1n) is 12.1. The molecule has 0 aromatic rings. The summed E-state index contributed by atoms with van der Waals surface area (Å²) >= 11 is 0. The topological polar surface area (TPSA) is 154 Å². The maximum Gasteiger partial charge on any atom is 0.333 e. The van der Waals surface area contributed by atoms with Gasteiger partial charge in [-0.2, -0.15) is 0 Å². The van der Waals surface area contributed by atoms with Crippen molar-refractivity contribution in [2.24, 2.45) is 5.41 Å². The van der Waals surface area contributed by atoms with Gasteiger partial charge in [0.25, 0.3) is 0 Å². The second kappa shape index (κ2) is 9.09. The molecule has 5 N–H and O–H groups in total. The Morgan fingerprint density at radius 1 is 1.40 bits per heavy atom. The number of carbonyl (C=O) groups excluding carboxylic acids is 2. The van der Waals surface area contributed by atoms with Gasteiger partial charge in [-0.25, -0.2) is 4.79 Å². The predicted molar refractivity (Wildman–Crippen MR) is 105 cm³/mol. The Kier molecular flexibility index (Phi) is 5.08. The highest BCUT2D eigenvalue weighted by Crippen LogP contribution is 2.44. The van der Waals surface area contributed by atoms with Gasteiger partial charge >= 0.3 is 5.97 Å². The molecule has 0 radical (unpaired) electrons. The van der Waals surface area contributed by atoms with Crippen molar-refractivity contribution in [1.82, 2.24) is 0 Å². The van der Waals surface area contributed by atoms with Crippen LogP contribution in [-0.2, 0) is 19.1 Å². The number of ether oxygens (including phenoxy) is 2. The van der Waals surface area contributed by atoms with E-state index in [0.717, 1.165) is 32.1 Å². The van der Waals surface area contributed by atoms with Crippen LogP contribution in [0.2, 0.25) is 0 Å². The molecular weight excluding hydrogens is 396 g/mol. The van der Waals surface area contributed by atoms with E-state index in [2.05, 4.69) is 0 Å². The molecule has 0 spiro atoms. The van der Waals surface area contributed by atoms with Crippen LogP contribution in [0.1, 0.15) is 42.2 Å². The summed E-state index contributed by atoms with van der Waals surface area (Å²) in [6, 6.07) is -1.17. The molecule has 1 aliphatic heterocycles. The SMILES string of the molecule is [2H]C1=C(C([2H])([2H])[2H])[C@](O)(/C=C/C(C)=C\C(=O)O[C@@H]2O[C@H](CO)[C@@H](O)[C@H](O)[C@H]2O)C(C)(C)C([2H])([2H])C1=O. The molecule has 0 aromatic carbocycles. The molecule has 0 saturated carbocycles. The van der Waals surface area contributed by atoms with Crippen molar-refractivity contribution in [3.05, 3.63) is 35.4 Å². The molecule has 2 rings (SSSR count). The first-order chi connectivity index (χ1) is 16.2. The lowest BCUT2D eigenvalue weighted by Gasteiger charge is -2.44. The number of hydrogen-bond donors (Lipinski definition) is 5. The van der Waals surface area contributed by atoms with Gasteiger partial charge in [-0.05, 0) is 37.0 Å². The summed E-state index contributed by atoms with van der Waals surface area (Å²) in [6.45, 7) is -0.248. The fourth-order valence-electron chi connectivity index (χ4n) is 3.02. The zero-order valence-corrected chi connectivity index (χ0v) is 16.7. The number of ketones is 1. The molecule has 9 heteroatoms. The zero-order valence-electron chi connectivity index (χ0n) is 22.7. The van der Waals surface area contributed by atoms with E-state index in [4.69, 9.17) is 17.7 Å². The summed E-state index contributed by atoms with van der Waals surface area (Å²) in [5.74, 6) is -2.50. The first-order valence-corrected chi connectivity index (χ1v) is 9.11. The van der Waals surface area contributed by atoms with Crippen LogP contribution in [0.25, 0.3) is 0 Å². The molecule has 6 atom stereocenters. The van der Waals surface area contributed by atoms with Crippen molar-refractivity contribution in [2.75, 3.05) is 6.61 Å². The molecule has 2 aliphatic rings. The van der Waals surface area contributed by atoms with Crippen LogP contribution in [0, 0.1) is 5.41 Å². The number of carbonyl (C=O) groups is 2. The van der Waals surface area contributed by atoms with Crippen molar-refractivity contribution in [1.29, 1.82) is 0 Å². The van der Waals surface area contributed by atoms with Gasteiger partial charge in [-0.15, -0.1) is 0 Å². The third-order valence-corrected chi connectivity index (χ3v) is 5.01. The Bertz CT molecular complexity index is 985. The van der Waals surface area contributed by atoms with Crippen molar-refractivity contribution in [2.45, 2.75) is 70.3 Å². The Morgan fingerprint density at radius 3 is 2.67 bits per heavy atom. The molecular formula is C21H30O9. The smallest absolute Gasteiger partial charge is 0.333 e. The van der Waals surface area contributed by atoms with Gasteiger partial charge in [0.2, 0.25) is 6.29 Å². The Labute approximate surface area is 183 Å². The van der Waals surface area contributed by atoms with Crippen molar-refractivity contribution < 1.29 is 52.8 Å². The van der Waals surface area contributed by atoms with Crippen LogP contribution in [0.3, 0.4) is 0 Å². The molecule has 168 valence electrons. The van der Waals surface area contributed by atoms with Gasteiger partial charge in [0, 0.05) is 24.7 Å². The molecule has 1 fully saturated rings. The van der Waals surface area contributed by atoms with Gasteiger partial charge in [0.05, 0.1) is 7.98 Å². The number of hydrogen-bond acceptors (Lipinski definition) is 9. The molecule has 0 amide bonds. The molecule has 1 saturated heterocycles. The van der Waals surface area contributed by atoms with Gasteiger partial charge < -0.3 is 35.0 Å². The van der Waals surface area contributed by atoms with Gasteiger partial charge in [-0.1, -0.05) is 19.9 Å². The zero-order chi connectivity index (χ0) is 28.0.